The molecule has 1 unspecified atom stereocenters. The quantitative estimate of drug-likeness (QED) is 0.874. The van der Waals surface area contributed by atoms with Crippen LogP contribution in [0, 0.1) is 0 Å². The van der Waals surface area contributed by atoms with E-state index in [1.165, 1.54) is 5.56 Å². The second kappa shape index (κ2) is 6.75. The summed E-state index contributed by atoms with van der Waals surface area (Å²) in [6.45, 7) is 2.18. The van der Waals surface area contributed by atoms with Crippen LogP contribution in [-0.4, -0.2) is 19.1 Å². The van der Waals surface area contributed by atoms with Gasteiger partial charge in [-0.1, -0.05) is 35.0 Å². The second-order valence-electron chi connectivity index (χ2n) is 4.96. The van der Waals surface area contributed by atoms with Gasteiger partial charge in [-0.15, -0.1) is 0 Å². The van der Waals surface area contributed by atoms with Gasteiger partial charge in [-0.2, -0.15) is 0 Å². The van der Waals surface area contributed by atoms with Crippen LogP contribution in [0.15, 0.2) is 47.1 Å². The molecule has 0 aliphatic heterocycles. The molecule has 2 aromatic rings. The average Bonchev–Trinajstić information content (AvgIpc) is 2.45. The minimum absolute atomic E-state index is 0.291. The highest BCUT2D eigenvalue weighted by Crippen LogP contribution is 2.25. The fourth-order valence-corrected chi connectivity index (χ4v) is 2.50. The Labute approximate surface area is 129 Å². The highest BCUT2D eigenvalue weighted by Gasteiger charge is 2.09. The van der Waals surface area contributed by atoms with Crippen molar-refractivity contribution in [3.05, 3.63) is 52.6 Å². The first-order valence-corrected chi connectivity index (χ1v) is 7.55. The second-order valence-corrected chi connectivity index (χ2v) is 5.88. The maximum atomic E-state index is 4.43. The van der Waals surface area contributed by atoms with Gasteiger partial charge in [0.05, 0.1) is 17.9 Å². The first-order valence-electron chi connectivity index (χ1n) is 6.75. The molecule has 20 heavy (non-hydrogen) atoms. The summed E-state index contributed by atoms with van der Waals surface area (Å²) >= 11 is 3.52. The Bertz CT molecular complexity index is 552. The van der Waals surface area contributed by atoms with Gasteiger partial charge in [0, 0.05) is 18.6 Å². The first kappa shape index (κ1) is 14.9. The molecule has 1 N–H and O–H groups in total. The summed E-state index contributed by atoms with van der Waals surface area (Å²) < 4.78 is 1.11. The topological polar surface area (TPSA) is 28.2 Å². The number of benzene rings is 1. The van der Waals surface area contributed by atoms with Crippen LogP contribution in [0.2, 0.25) is 0 Å². The average molecular weight is 334 g/mol. The molecule has 1 aromatic heterocycles. The molecule has 0 fully saturated rings. The molecule has 0 saturated heterocycles. The minimum atomic E-state index is 0.291. The van der Waals surface area contributed by atoms with Gasteiger partial charge in [0.25, 0.3) is 0 Å². The predicted octanol–water partition coefficient (Wildman–Crippen LogP) is 4.47. The van der Waals surface area contributed by atoms with Crippen molar-refractivity contribution in [2.75, 3.05) is 24.3 Å². The van der Waals surface area contributed by atoms with E-state index < -0.39 is 0 Å². The lowest BCUT2D eigenvalue weighted by atomic mass is 10.0. The third kappa shape index (κ3) is 3.73. The summed E-state index contributed by atoms with van der Waals surface area (Å²) in [5, 5.41) is 3.54. The number of rotatable bonds is 5. The lowest BCUT2D eigenvalue weighted by Crippen LogP contribution is -2.12. The Hall–Kier alpha value is -1.55. The molecule has 0 amide bonds. The smallest absolute Gasteiger partial charge is 0.128 e. The van der Waals surface area contributed by atoms with Crippen LogP contribution in [0.3, 0.4) is 0 Å². The zero-order valence-corrected chi connectivity index (χ0v) is 13.7. The molecule has 0 saturated carbocycles. The van der Waals surface area contributed by atoms with E-state index in [-0.39, 0.29) is 0 Å². The zero-order valence-electron chi connectivity index (χ0n) is 12.1. The van der Waals surface area contributed by atoms with Crippen LogP contribution in [0.1, 0.15) is 24.9 Å². The Morgan fingerprint density at radius 2 is 2.05 bits per heavy atom. The molecule has 106 valence electrons. The van der Waals surface area contributed by atoms with E-state index in [0.717, 1.165) is 22.4 Å². The Kier molecular flexibility index (Phi) is 5.01. The van der Waals surface area contributed by atoms with Crippen molar-refractivity contribution in [2.45, 2.75) is 19.4 Å². The molecule has 3 nitrogen and oxygen atoms in total. The standard InChI is InChI=1S/C16H20BrN3/c1-4-15(12-6-5-7-13(17)10-12)19-14-8-9-16(18-11-14)20(2)3/h5-11,15,19H,4H2,1-3H3. The molecule has 1 heterocycles. The van der Waals surface area contributed by atoms with Gasteiger partial charge in [-0.3, -0.25) is 0 Å². The first-order chi connectivity index (χ1) is 9.60. The van der Waals surface area contributed by atoms with Gasteiger partial charge < -0.3 is 10.2 Å². The molecule has 0 bridgehead atoms. The summed E-state index contributed by atoms with van der Waals surface area (Å²) in [7, 11) is 3.98. The summed E-state index contributed by atoms with van der Waals surface area (Å²) in [5.74, 6) is 0.964. The number of aromatic nitrogens is 1. The molecule has 1 atom stereocenters. The van der Waals surface area contributed by atoms with Crippen molar-refractivity contribution < 1.29 is 0 Å². The van der Waals surface area contributed by atoms with Crippen molar-refractivity contribution >= 4 is 27.4 Å². The SMILES string of the molecule is CCC(Nc1ccc(N(C)C)nc1)c1cccc(Br)c1. The maximum absolute atomic E-state index is 4.43. The van der Waals surface area contributed by atoms with Crippen molar-refractivity contribution in [3.63, 3.8) is 0 Å². The summed E-state index contributed by atoms with van der Waals surface area (Å²) in [4.78, 5) is 6.43. The number of anilines is 2. The van der Waals surface area contributed by atoms with Crippen LogP contribution in [-0.2, 0) is 0 Å². The van der Waals surface area contributed by atoms with E-state index in [1.54, 1.807) is 0 Å². The van der Waals surface area contributed by atoms with E-state index in [1.807, 2.05) is 37.3 Å². The van der Waals surface area contributed by atoms with Gasteiger partial charge >= 0.3 is 0 Å². The fourth-order valence-electron chi connectivity index (χ4n) is 2.08. The largest absolute Gasteiger partial charge is 0.377 e. The molecule has 1 aromatic carbocycles. The predicted molar refractivity (Wildman–Crippen MR) is 89.4 cm³/mol. The van der Waals surface area contributed by atoms with Crippen LogP contribution in [0.4, 0.5) is 11.5 Å². The number of nitrogens with one attached hydrogen (secondary N) is 1. The molecule has 4 heteroatoms. The molecular weight excluding hydrogens is 314 g/mol. The van der Waals surface area contributed by atoms with E-state index in [9.17, 15) is 0 Å². The van der Waals surface area contributed by atoms with Crippen molar-refractivity contribution in [1.29, 1.82) is 0 Å². The summed E-state index contributed by atoms with van der Waals surface area (Å²) in [5.41, 5.74) is 2.32. The van der Waals surface area contributed by atoms with Crippen molar-refractivity contribution in [2.24, 2.45) is 0 Å². The molecule has 0 spiro atoms. The molecule has 2 rings (SSSR count). The van der Waals surface area contributed by atoms with Crippen molar-refractivity contribution in [1.82, 2.24) is 4.98 Å². The number of pyridine rings is 1. The molecule has 0 radical (unpaired) electrons. The molecule has 0 aliphatic carbocycles. The number of hydrogen-bond donors (Lipinski definition) is 1. The van der Waals surface area contributed by atoms with Gasteiger partial charge in [0.2, 0.25) is 0 Å². The van der Waals surface area contributed by atoms with Crippen LogP contribution >= 0.6 is 15.9 Å². The lowest BCUT2D eigenvalue weighted by Gasteiger charge is -2.19. The van der Waals surface area contributed by atoms with E-state index in [4.69, 9.17) is 0 Å². The van der Waals surface area contributed by atoms with Gasteiger partial charge in [0.15, 0.2) is 0 Å². The highest BCUT2D eigenvalue weighted by atomic mass is 79.9. The van der Waals surface area contributed by atoms with Gasteiger partial charge in [-0.05, 0) is 36.2 Å². The Morgan fingerprint density at radius 1 is 1.25 bits per heavy atom. The van der Waals surface area contributed by atoms with E-state index in [0.29, 0.717) is 6.04 Å². The number of hydrogen-bond acceptors (Lipinski definition) is 3. The zero-order chi connectivity index (χ0) is 14.5. The van der Waals surface area contributed by atoms with Crippen LogP contribution < -0.4 is 10.2 Å². The number of nitrogens with zero attached hydrogens (tertiary/aromatic N) is 2. The third-order valence-corrected chi connectivity index (χ3v) is 3.70. The monoisotopic (exact) mass is 333 g/mol. The number of halogens is 1. The Morgan fingerprint density at radius 3 is 2.60 bits per heavy atom. The van der Waals surface area contributed by atoms with E-state index >= 15 is 0 Å². The molecular formula is C16H20BrN3. The lowest BCUT2D eigenvalue weighted by molar-refractivity contribution is 0.748. The maximum Gasteiger partial charge on any atom is 0.128 e. The summed E-state index contributed by atoms with van der Waals surface area (Å²) in [6, 6.07) is 12.8. The minimum Gasteiger partial charge on any atom is -0.377 e. The Balaban J connectivity index is 2.14. The van der Waals surface area contributed by atoms with Crippen LogP contribution in [0.5, 0.6) is 0 Å². The summed E-state index contributed by atoms with van der Waals surface area (Å²) in [6.07, 6.45) is 2.90. The molecule has 0 aliphatic rings. The van der Waals surface area contributed by atoms with Crippen molar-refractivity contribution in [3.8, 4) is 0 Å². The van der Waals surface area contributed by atoms with Crippen LogP contribution in [0.25, 0.3) is 0 Å². The third-order valence-electron chi connectivity index (χ3n) is 3.21. The van der Waals surface area contributed by atoms with Gasteiger partial charge in [-0.25, -0.2) is 4.98 Å². The fraction of sp³-hybridized carbons (Fsp3) is 0.312. The highest BCUT2D eigenvalue weighted by molar-refractivity contribution is 9.10. The normalized spacial score (nSPS) is 12.0. The van der Waals surface area contributed by atoms with Gasteiger partial charge in [0.1, 0.15) is 5.82 Å². The van der Waals surface area contributed by atoms with E-state index in [2.05, 4.69) is 57.4 Å².